The Hall–Kier alpha value is -2.66. The van der Waals surface area contributed by atoms with E-state index in [0.29, 0.717) is 0 Å². The molecule has 0 aliphatic heterocycles. The van der Waals surface area contributed by atoms with Gasteiger partial charge in [0.15, 0.2) is 5.78 Å². The van der Waals surface area contributed by atoms with Crippen molar-refractivity contribution in [3.05, 3.63) is 76.3 Å². The molecular weight excluding hydrogens is 773 g/mol. The second-order valence-electron chi connectivity index (χ2n) is 14.8. The largest absolute Gasteiger partial charge is 0.512 e. The Labute approximate surface area is 299 Å². The number of ketones is 1. The maximum atomic E-state index is 12.2. The first-order valence-corrected chi connectivity index (χ1v) is 20.5. The van der Waals surface area contributed by atoms with Crippen LogP contribution in [0.5, 0.6) is 0 Å². The van der Waals surface area contributed by atoms with Crippen molar-refractivity contribution in [3.8, 4) is 11.3 Å². The second kappa shape index (κ2) is 15.7. The smallest absolute Gasteiger partial charge is 0.164 e. The van der Waals surface area contributed by atoms with Crippen LogP contribution >= 0.6 is 0 Å². The Morgan fingerprint density at radius 2 is 1.45 bits per heavy atom. The molecule has 0 spiro atoms. The van der Waals surface area contributed by atoms with Gasteiger partial charge in [0.2, 0.25) is 0 Å². The number of aliphatic hydroxyl groups excluding tert-OH is 1. The van der Waals surface area contributed by atoms with E-state index in [2.05, 4.69) is 83.7 Å². The van der Waals surface area contributed by atoms with Crippen LogP contribution < -0.4 is 5.19 Å². The summed E-state index contributed by atoms with van der Waals surface area (Å²) in [6.45, 7) is 30.1. The van der Waals surface area contributed by atoms with Crippen molar-refractivity contribution in [2.75, 3.05) is 0 Å². The molecule has 4 rings (SSSR count). The molecule has 0 saturated carbocycles. The van der Waals surface area contributed by atoms with Crippen LogP contribution in [0.15, 0.2) is 42.2 Å². The summed E-state index contributed by atoms with van der Waals surface area (Å²) in [5, 5.41) is 15.3. The predicted molar refractivity (Wildman–Crippen MR) is 201 cm³/mol. The van der Waals surface area contributed by atoms with Crippen LogP contribution in [0.2, 0.25) is 19.6 Å². The fraction of sp³-hybridized carbons (Fsp3) is 0.488. The number of rotatable bonds is 9. The van der Waals surface area contributed by atoms with Crippen LogP contribution in [0.4, 0.5) is 0 Å². The summed E-state index contributed by atoms with van der Waals surface area (Å²) in [6.07, 6.45) is 4.75. The average molecular weight is 830 g/mol. The molecular formula is C41H57IrN2O2Si-. The van der Waals surface area contributed by atoms with Gasteiger partial charge in [0.1, 0.15) is 11.6 Å². The minimum atomic E-state index is -1.48. The van der Waals surface area contributed by atoms with Crippen LogP contribution in [0.3, 0.4) is 0 Å². The number of carbonyl (C=O) groups excluding carboxylic acids is 1. The molecule has 1 radical (unpaired) electrons. The minimum absolute atomic E-state index is 0. The zero-order chi connectivity index (χ0) is 34.8. The van der Waals surface area contributed by atoms with E-state index in [4.69, 9.17) is 9.97 Å². The average Bonchev–Trinajstić information content (AvgIpc) is 2.98. The Morgan fingerprint density at radius 1 is 0.872 bits per heavy atom. The number of hydrogen-bond acceptors (Lipinski definition) is 4. The molecule has 3 aromatic carbocycles. The van der Waals surface area contributed by atoms with Crippen molar-refractivity contribution >= 4 is 40.7 Å². The van der Waals surface area contributed by atoms with E-state index in [1.807, 2.05) is 48.5 Å². The summed E-state index contributed by atoms with van der Waals surface area (Å²) >= 11 is 0. The summed E-state index contributed by atoms with van der Waals surface area (Å²) in [7, 11) is -1.48. The Balaban J connectivity index is 0.000000370. The molecule has 4 aromatic rings. The number of aliphatic hydroxyl groups is 1. The molecule has 0 fully saturated rings. The number of hydrogen-bond donors (Lipinski definition) is 1. The molecule has 1 heterocycles. The first-order valence-electron chi connectivity index (χ1n) is 17.0. The van der Waals surface area contributed by atoms with E-state index in [9.17, 15) is 9.90 Å². The van der Waals surface area contributed by atoms with Gasteiger partial charge in [-0.1, -0.05) is 104 Å². The number of nitrogens with zero attached hydrogens (tertiary/aromatic N) is 2. The van der Waals surface area contributed by atoms with Crippen LogP contribution in [-0.4, -0.2) is 28.9 Å². The van der Waals surface area contributed by atoms with Crippen molar-refractivity contribution in [2.45, 2.75) is 121 Å². The second-order valence-corrected chi connectivity index (χ2v) is 19.8. The van der Waals surface area contributed by atoms with Gasteiger partial charge < -0.3 is 5.11 Å². The fourth-order valence-electron chi connectivity index (χ4n) is 6.63. The monoisotopic (exact) mass is 830 g/mol. The number of benzene rings is 3. The summed E-state index contributed by atoms with van der Waals surface area (Å²) in [6, 6.07) is 14.6. The molecule has 0 unspecified atom stereocenters. The molecule has 0 amide bonds. The van der Waals surface area contributed by atoms with Gasteiger partial charge in [-0.05, 0) is 68.5 Å². The molecule has 6 heteroatoms. The van der Waals surface area contributed by atoms with Gasteiger partial charge in [0.05, 0.1) is 13.6 Å². The minimum Gasteiger partial charge on any atom is -0.512 e. The van der Waals surface area contributed by atoms with E-state index in [0.717, 1.165) is 59.2 Å². The number of carbonyl (C=O) groups is 1. The van der Waals surface area contributed by atoms with Crippen molar-refractivity contribution in [2.24, 2.45) is 10.8 Å². The first-order chi connectivity index (χ1) is 21.3. The van der Waals surface area contributed by atoms with E-state index < -0.39 is 8.07 Å². The molecule has 0 bridgehead atoms. The van der Waals surface area contributed by atoms with Crippen molar-refractivity contribution in [1.29, 1.82) is 0 Å². The van der Waals surface area contributed by atoms with Gasteiger partial charge in [-0.15, -0.1) is 34.9 Å². The van der Waals surface area contributed by atoms with E-state index in [1.54, 1.807) is 5.19 Å². The number of allylic oxidation sites excluding steroid dienone is 2. The van der Waals surface area contributed by atoms with Gasteiger partial charge in [-0.2, -0.15) is 0 Å². The van der Waals surface area contributed by atoms with Gasteiger partial charge in [-0.25, -0.2) is 4.98 Å². The van der Waals surface area contributed by atoms with Gasteiger partial charge in [0.25, 0.3) is 0 Å². The summed E-state index contributed by atoms with van der Waals surface area (Å²) < 4.78 is 0. The van der Waals surface area contributed by atoms with Gasteiger partial charge >= 0.3 is 0 Å². The maximum absolute atomic E-state index is 12.2. The zero-order valence-electron chi connectivity index (χ0n) is 31.4. The van der Waals surface area contributed by atoms with Crippen molar-refractivity contribution < 1.29 is 30.0 Å². The van der Waals surface area contributed by atoms with Crippen LogP contribution in [0.1, 0.15) is 95.3 Å². The first kappa shape index (κ1) is 40.5. The fourth-order valence-corrected chi connectivity index (χ4v) is 9.13. The third-order valence-electron chi connectivity index (χ3n) is 10.3. The number of fused-ring (bicyclic) bond motifs is 3. The van der Waals surface area contributed by atoms with Gasteiger partial charge in [-0.3, -0.25) is 9.78 Å². The van der Waals surface area contributed by atoms with Crippen molar-refractivity contribution in [1.82, 2.24) is 9.97 Å². The van der Waals surface area contributed by atoms with Crippen LogP contribution in [-0.2, 0) is 24.9 Å². The molecule has 1 aromatic heterocycles. The van der Waals surface area contributed by atoms with Crippen molar-refractivity contribution in [3.63, 3.8) is 0 Å². The summed E-state index contributed by atoms with van der Waals surface area (Å²) in [4.78, 5) is 22.0. The van der Waals surface area contributed by atoms with E-state index >= 15 is 0 Å². The summed E-state index contributed by atoms with van der Waals surface area (Å²) in [5.74, 6) is 1.09. The SMILES string of the molecule is CCC(C)(CC)C(=O)/C=C(\O)C(C)(CC)CC.Cc1[c-]c(-c2nc(C)nc3c2ccc2cc(C)c([Si](C)(C)C)c(C)c23)cc(C)c1.[Ir]. The molecule has 257 valence electrons. The Bertz CT molecular complexity index is 1760. The molecule has 47 heavy (non-hydrogen) atoms. The topological polar surface area (TPSA) is 63.1 Å². The summed E-state index contributed by atoms with van der Waals surface area (Å²) in [5.41, 5.74) is 7.65. The van der Waals surface area contributed by atoms with Gasteiger partial charge in [0, 0.05) is 42.4 Å². The van der Waals surface area contributed by atoms with Crippen LogP contribution in [0, 0.1) is 51.5 Å². The third-order valence-corrected chi connectivity index (χ3v) is 12.6. The Kier molecular flexibility index (Phi) is 13.5. The quantitative estimate of drug-likeness (QED) is 0.0600. The number of aryl methyl sites for hydroxylation is 5. The molecule has 0 aliphatic carbocycles. The van der Waals surface area contributed by atoms with Crippen LogP contribution in [0.25, 0.3) is 32.9 Å². The molecule has 1 N–H and O–H groups in total. The normalized spacial score (nSPS) is 12.5. The molecule has 0 atom stereocenters. The maximum Gasteiger partial charge on any atom is 0.164 e. The predicted octanol–water partition coefficient (Wildman–Crippen LogP) is 11.0. The van der Waals surface area contributed by atoms with E-state index in [1.165, 1.54) is 33.5 Å². The molecule has 0 saturated heterocycles. The third kappa shape index (κ3) is 8.68. The standard InChI is InChI=1S/C26H29N2Si.C15H28O2.Ir/c1-15-11-16(2)13-21(12-15)24-22-10-9-20-14-17(3)26(29(6,7)8)18(4)23(20)25(22)28-19(5)27-24;1-7-14(5,8-2)12(16)11-13(17)15(6,9-3)10-4;/h9-12,14H,1-8H3;11,16H,7-10H2,1-6H3;/q-1;;/b;12-11-;. The number of aromatic nitrogens is 2. The van der Waals surface area contributed by atoms with E-state index in [-0.39, 0.29) is 42.5 Å². The molecule has 4 nitrogen and oxygen atoms in total. The Morgan fingerprint density at radius 3 is 1.96 bits per heavy atom. The zero-order valence-corrected chi connectivity index (χ0v) is 34.8. The molecule has 0 aliphatic rings.